The lowest BCUT2D eigenvalue weighted by molar-refractivity contribution is 1.20. The molecule has 0 amide bonds. The van der Waals surface area contributed by atoms with Crippen molar-refractivity contribution in [3.05, 3.63) is 41.1 Å². The SMILES string of the molecule is Clc1ccc2[nH]cc(C3=CCN=CC3)c2c1. The molecule has 0 bridgehead atoms. The Kier molecular flexibility index (Phi) is 2.29. The van der Waals surface area contributed by atoms with Gasteiger partial charge in [0.2, 0.25) is 0 Å². The molecule has 2 aromatic rings. The van der Waals surface area contributed by atoms with Gasteiger partial charge in [0.05, 0.1) is 6.54 Å². The zero-order valence-corrected chi connectivity index (χ0v) is 9.46. The standard InChI is InChI=1S/C13H11ClN2/c14-10-1-2-13-11(7-10)12(8-16-13)9-3-5-15-6-4-9/h1-3,6-8,16H,4-5H2. The lowest BCUT2D eigenvalue weighted by atomic mass is 10.0. The van der Waals surface area contributed by atoms with Crippen LogP contribution in [0.1, 0.15) is 12.0 Å². The Balaban J connectivity index is 2.16. The first-order chi connectivity index (χ1) is 7.84. The van der Waals surface area contributed by atoms with Gasteiger partial charge in [-0.25, -0.2) is 0 Å². The number of aromatic amines is 1. The molecule has 1 aromatic heterocycles. The molecule has 0 fully saturated rings. The number of benzene rings is 1. The van der Waals surface area contributed by atoms with Crippen LogP contribution in [0.25, 0.3) is 16.5 Å². The van der Waals surface area contributed by atoms with Crippen molar-refractivity contribution in [2.75, 3.05) is 6.54 Å². The molecule has 16 heavy (non-hydrogen) atoms. The van der Waals surface area contributed by atoms with E-state index in [2.05, 4.69) is 16.1 Å². The van der Waals surface area contributed by atoms with Crippen molar-refractivity contribution in [2.24, 2.45) is 4.99 Å². The van der Waals surface area contributed by atoms with Crippen LogP contribution < -0.4 is 0 Å². The summed E-state index contributed by atoms with van der Waals surface area (Å²) in [6.45, 7) is 0.780. The molecule has 2 nitrogen and oxygen atoms in total. The third kappa shape index (κ3) is 1.55. The quantitative estimate of drug-likeness (QED) is 0.774. The topological polar surface area (TPSA) is 28.1 Å². The maximum Gasteiger partial charge on any atom is 0.0572 e. The first-order valence-corrected chi connectivity index (χ1v) is 5.67. The fourth-order valence-electron chi connectivity index (χ4n) is 2.06. The van der Waals surface area contributed by atoms with Gasteiger partial charge in [-0.05, 0) is 23.8 Å². The number of H-pyrrole nitrogens is 1. The predicted octanol–water partition coefficient (Wildman–Crippen LogP) is 3.68. The minimum absolute atomic E-state index is 0.776. The van der Waals surface area contributed by atoms with Crippen LogP contribution in [0.5, 0.6) is 0 Å². The van der Waals surface area contributed by atoms with Gasteiger partial charge in [-0.2, -0.15) is 0 Å². The summed E-state index contributed by atoms with van der Waals surface area (Å²) in [5, 5.41) is 1.97. The molecule has 1 aromatic carbocycles. The zero-order chi connectivity index (χ0) is 11.0. The number of aromatic nitrogens is 1. The van der Waals surface area contributed by atoms with E-state index in [0.717, 1.165) is 23.5 Å². The molecule has 1 aliphatic rings. The second-order valence-electron chi connectivity index (χ2n) is 3.87. The minimum atomic E-state index is 0.776. The molecule has 3 heteroatoms. The number of aliphatic imine (C=N–C) groups is 1. The molecule has 1 aliphatic heterocycles. The summed E-state index contributed by atoms with van der Waals surface area (Å²) in [6.07, 6.45) is 7.09. The number of halogens is 1. The molecule has 2 heterocycles. The second kappa shape index (κ2) is 3.80. The van der Waals surface area contributed by atoms with Crippen molar-refractivity contribution in [1.82, 2.24) is 4.98 Å². The third-order valence-corrected chi connectivity index (χ3v) is 3.11. The van der Waals surface area contributed by atoms with Crippen molar-refractivity contribution in [3.8, 4) is 0 Å². The van der Waals surface area contributed by atoms with E-state index >= 15 is 0 Å². The molecule has 3 rings (SSSR count). The van der Waals surface area contributed by atoms with Crippen LogP contribution in [0.4, 0.5) is 0 Å². The van der Waals surface area contributed by atoms with Gasteiger partial charge in [0.15, 0.2) is 0 Å². The zero-order valence-electron chi connectivity index (χ0n) is 8.70. The van der Waals surface area contributed by atoms with Crippen LogP contribution in [-0.2, 0) is 0 Å². The molecule has 0 unspecified atom stereocenters. The molecular weight excluding hydrogens is 220 g/mol. The molecule has 0 spiro atoms. The Morgan fingerprint density at radius 2 is 2.25 bits per heavy atom. The molecule has 80 valence electrons. The Morgan fingerprint density at radius 3 is 3.06 bits per heavy atom. The number of hydrogen-bond acceptors (Lipinski definition) is 1. The lowest BCUT2D eigenvalue weighted by Gasteiger charge is -2.06. The summed E-state index contributed by atoms with van der Waals surface area (Å²) in [7, 11) is 0. The van der Waals surface area contributed by atoms with E-state index in [-0.39, 0.29) is 0 Å². The van der Waals surface area contributed by atoms with Gasteiger partial charge in [0.25, 0.3) is 0 Å². The number of fused-ring (bicyclic) bond motifs is 1. The van der Waals surface area contributed by atoms with Crippen molar-refractivity contribution in [1.29, 1.82) is 0 Å². The van der Waals surface area contributed by atoms with E-state index in [9.17, 15) is 0 Å². The van der Waals surface area contributed by atoms with Gasteiger partial charge >= 0.3 is 0 Å². The van der Waals surface area contributed by atoms with Gasteiger partial charge in [-0.15, -0.1) is 0 Å². The first-order valence-electron chi connectivity index (χ1n) is 5.29. The average molecular weight is 231 g/mol. The Hall–Kier alpha value is -1.54. The minimum Gasteiger partial charge on any atom is -0.361 e. The fraction of sp³-hybridized carbons (Fsp3) is 0.154. The summed E-state index contributed by atoms with van der Waals surface area (Å²) in [5.41, 5.74) is 3.69. The maximum absolute atomic E-state index is 6.03. The Bertz CT molecular complexity index is 593. The van der Waals surface area contributed by atoms with Crippen LogP contribution in [0.2, 0.25) is 5.02 Å². The number of nitrogens with zero attached hydrogens (tertiary/aromatic N) is 1. The van der Waals surface area contributed by atoms with Crippen LogP contribution in [0.15, 0.2) is 35.5 Å². The third-order valence-electron chi connectivity index (χ3n) is 2.87. The lowest BCUT2D eigenvalue weighted by Crippen LogP contribution is -1.92. The molecule has 1 N–H and O–H groups in total. The Morgan fingerprint density at radius 1 is 1.31 bits per heavy atom. The van der Waals surface area contributed by atoms with E-state index in [1.54, 1.807) is 0 Å². The van der Waals surface area contributed by atoms with Gasteiger partial charge in [-0.1, -0.05) is 17.7 Å². The van der Waals surface area contributed by atoms with Crippen LogP contribution in [0.3, 0.4) is 0 Å². The van der Waals surface area contributed by atoms with Crippen molar-refractivity contribution in [3.63, 3.8) is 0 Å². The molecule has 0 radical (unpaired) electrons. The number of rotatable bonds is 1. The highest BCUT2D eigenvalue weighted by Crippen LogP contribution is 2.29. The van der Waals surface area contributed by atoms with Gasteiger partial charge in [-0.3, -0.25) is 4.99 Å². The van der Waals surface area contributed by atoms with E-state index in [4.69, 9.17) is 11.6 Å². The molecule has 0 aliphatic carbocycles. The Labute approximate surface area is 98.7 Å². The van der Waals surface area contributed by atoms with Crippen LogP contribution in [-0.4, -0.2) is 17.7 Å². The largest absolute Gasteiger partial charge is 0.361 e. The highest BCUT2D eigenvalue weighted by molar-refractivity contribution is 6.31. The first kappa shape index (κ1) is 9.67. The number of dihydropyridines is 1. The second-order valence-corrected chi connectivity index (χ2v) is 4.31. The highest BCUT2D eigenvalue weighted by Gasteiger charge is 2.09. The van der Waals surface area contributed by atoms with E-state index in [1.807, 2.05) is 30.6 Å². The normalized spacial score (nSPS) is 15.4. The summed E-state index contributed by atoms with van der Waals surface area (Å²) in [4.78, 5) is 7.47. The summed E-state index contributed by atoms with van der Waals surface area (Å²) >= 11 is 6.03. The fourth-order valence-corrected chi connectivity index (χ4v) is 2.23. The van der Waals surface area contributed by atoms with E-state index in [1.165, 1.54) is 16.5 Å². The summed E-state index contributed by atoms with van der Waals surface area (Å²) < 4.78 is 0. The summed E-state index contributed by atoms with van der Waals surface area (Å²) in [6, 6.07) is 5.93. The smallest absolute Gasteiger partial charge is 0.0572 e. The highest BCUT2D eigenvalue weighted by atomic mass is 35.5. The number of allylic oxidation sites excluding steroid dienone is 1. The number of hydrogen-bond donors (Lipinski definition) is 1. The predicted molar refractivity (Wildman–Crippen MR) is 69.3 cm³/mol. The molecule has 0 atom stereocenters. The maximum atomic E-state index is 6.03. The van der Waals surface area contributed by atoms with Crippen molar-refractivity contribution >= 4 is 34.3 Å². The monoisotopic (exact) mass is 230 g/mol. The van der Waals surface area contributed by atoms with Gasteiger partial charge in [0.1, 0.15) is 0 Å². The van der Waals surface area contributed by atoms with Crippen LogP contribution >= 0.6 is 11.6 Å². The van der Waals surface area contributed by atoms with Crippen LogP contribution in [0, 0.1) is 0 Å². The molecule has 0 saturated heterocycles. The summed E-state index contributed by atoms with van der Waals surface area (Å²) in [5.74, 6) is 0. The van der Waals surface area contributed by atoms with E-state index < -0.39 is 0 Å². The molecular formula is C13H11ClN2. The number of nitrogens with one attached hydrogen (secondary N) is 1. The van der Waals surface area contributed by atoms with Gasteiger partial charge < -0.3 is 4.98 Å². The average Bonchev–Trinajstić information content (AvgIpc) is 2.73. The van der Waals surface area contributed by atoms with Crippen molar-refractivity contribution in [2.45, 2.75) is 6.42 Å². The van der Waals surface area contributed by atoms with Gasteiger partial charge in [0, 0.05) is 40.3 Å². The van der Waals surface area contributed by atoms with E-state index in [0.29, 0.717) is 0 Å². The van der Waals surface area contributed by atoms with Crippen molar-refractivity contribution < 1.29 is 0 Å². The molecule has 0 saturated carbocycles.